The summed E-state index contributed by atoms with van der Waals surface area (Å²) in [5.74, 6) is 1.11. The molecule has 2 atom stereocenters. The molecule has 2 amide bonds. The molecule has 0 bridgehead atoms. The van der Waals surface area contributed by atoms with Gasteiger partial charge in [-0.05, 0) is 68.0 Å². The Morgan fingerprint density at radius 2 is 2.26 bits per heavy atom. The van der Waals surface area contributed by atoms with Crippen LogP contribution in [0.4, 0.5) is 11.4 Å². The summed E-state index contributed by atoms with van der Waals surface area (Å²) in [4.78, 5) is 23.7. The number of benzene rings is 1. The Bertz CT molecular complexity index is 594. The number of rotatable bonds is 4. The average Bonchev–Trinajstić information content (AvgIpc) is 2.55. The zero-order chi connectivity index (χ0) is 16.2. The van der Waals surface area contributed by atoms with E-state index in [9.17, 15) is 9.59 Å². The van der Waals surface area contributed by atoms with Gasteiger partial charge in [0.25, 0.3) is 0 Å². The van der Waals surface area contributed by atoms with Crippen LogP contribution in [0, 0.1) is 11.8 Å². The van der Waals surface area contributed by atoms with E-state index in [0.717, 1.165) is 36.4 Å². The number of carbonyl (C=O) groups is 2. The van der Waals surface area contributed by atoms with Gasteiger partial charge in [-0.1, -0.05) is 6.92 Å². The number of carbonyl (C=O) groups excluding carboxylic acids is 2. The molecule has 2 unspecified atom stereocenters. The van der Waals surface area contributed by atoms with Crippen LogP contribution in [0.3, 0.4) is 0 Å². The largest absolute Gasteiger partial charge is 0.326 e. The van der Waals surface area contributed by atoms with Crippen molar-refractivity contribution in [2.45, 2.75) is 39.0 Å². The highest BCUT2D eigenvalue weighted by Crippen LogP contribution is 2.27. The number of fused-ring (bicyclic) bond motifs is 1. The third-order valence-electron chi connectivity index (χ3n) is 4.93. The number of anilines is 2. The predicted molar refractivity (Wildman–Crippen MR) is 91.4 cm³/mol. The average molecular weight is 315 g/mol. The Labute approximate surface area is 137 Å². The molecule has 0 spiro atoms. The Hall–Kier alpha value is -1.88. The number of hydrogen-bond acceptors (Lipinski definition) is 3. The van der Waals surface area contributed by atoms with Gasteiger partial charge >= 0.3 is 0 Å². The fraction of sp³-hybridized carbons (Fsp3) is 0.556. The summed E-state index contributed by atoms with van der Waals surface area (Å²) < 4.78 is 0. The zero-order valence-corrected chi connectivity index (χ0v) is 13.7. The Balaban J connectivity index is 1.56. The van der Waals surface area contributed by atoms with Crippen LogP contribution < -0.4 is 16.0 Å². The summed E-state index contributed by atoms with van der Waals surface area (Å²) in [5.41, 5.74) is 2.77. The Morgan fingerprint density at radius 1 is 1.39 bits per heavy atom. The van der Waals surface area contributed by atoms with Crippen molar-refractivity contribution in [3.63, 3.8) is 0 Å². The smallest absolute Gasteiger partial charge is 0.224 e. The number of amides is 2. The lowest BCUT2D eigenvalue weighted by molar-refractivity contribution is -0.117. The second-order valence-corrected chi connectivity index (χ2v) is 6.76. The molecule has 1 aromatic carbocycles. The highest BCUT2D eigenvalue weighted by molar-refractivity contribution is 5.95. The van der Waals surface area contributed by atoms with E-state index in [1.165, 1.54) is 12.8 Å². The fourth-order valence-electron chi connectivity index (χ4n) is 3.50. The van der Waals surface area contributed by atoms with Crippen LogP contribution in [0.15, 0.2) is 18.2 Å². The van der Waals surface area contributed by atoms with Gasteiger partial charge in [-0.3, -0.25) is 9.59 Å². The summed E-state index contributed by atoms with van der Waals surface area (Å²) in [6.07, 6.45) is 4.21. The molecule has 23 heavy (non-hydrogen) atoms. The predicted octanol–water partition coefficient (Wildman–Crippen LogP) is 2.54. The van der Waals surface area contributed by atoms with Crippen LogP contribution in [0.5, 0.6) is 0 Å². The SMILES string of the molecule is CC(CC(=O)Nc1ccc2c(c1)CCC(=O)N2)C1CCCNC1. The van der Waals surface area contributed by atoms with Gasteiger partial charge in [0.05, 0.1) is 0 Å². The number of piperidine rings is 1. The van der Waals surface area contributed by atoms with Crippen molar-refractivity contribution in [3.05, 3.63) is 23.8 Å². The minimum Gasteiger partial charge on any atom is -0.326 e. The van der Waals surface area contributed by atoms with Crippen molar-refractivity contribution < 1.29 is 9.59 Å². The molecule has 0 saturated carbocycles. The van der Waals surface area contributed by atoms with Crippen molar-refractivity contribution in [1.29, 1.82) is 0 Å². The van der Waals surface area contributed by atoms with Crippen molar-refractivity contribution in [2.24, 2.45) is 11.8 Å². The lowest BCUT2D eigenvalue weighted by Crippen LogP contribution is -2.34. The molecule has 0 aromatic heterocycles. The van der Waals surface area contributed by atoms with Crippen molar-refractivity contribution in [3.8, 4) is 0 Å². The molecule has 5 nitrogen and oxygen atoms in total. The van der Waals surface area contributed by atoms with E-state index in [-0.39, 0.29) is 11.8 Å². The van der Waals surface area contributed by atoms with E-state index in [4.69, 9.17) is 0 Å². The number of aryl methyl sites for hydroxylation is 1. The molecule has 1 aromatic rings. The molecule has 3 rings (SSSR count). The molecule has 0 radical (unpaired) electrons. The highest BCUT2D eigenvalue weighted by atomic mass is 16.2. The molecule has 124 valence electrons. The van der Waals surface area contributed by atoms with Crippen LogP contribution in [0.25, 0.3) is 0 Å². The first-order valence-electron chi connectivity index (χ1n) is 8.55. The monoisotopic (exact) mass is 315 g/mol. The molecule has 2 aliphatic heterocycles. The van der Waals surface area contributed by atoms with E-state index in [1.807, 2.05) is 18.2 Å². The molecule has 1 fully saturated rings. The third kappa shape index (κ3) is 4.10. The van der Waals surface area contributed by atoms with E-state index < -0.39 is 0 Å². The Morgan fingerprint density at radius 3 is 3.04 bits per heavy atom. The van der Waals surface area contributed by atoms with Gasteiger partial charge < -0.3 is 16.0 Å². The molecule has 2 aliphatic rings. The van der Waals surface area contributed by atoms with Gasteiger partial charge in [0.2, 0.25) is 11.8 Å². The van der Waals surface area contributed by atoms with Crippen LogP contribution in [-0.4, -0.2) is 24.9 Å². The summed E-state index contributed by atoms with van der Waals surface area (Å²) >= 11 is 0. The van der Waals surface area contributed by atoms with Crippen molar-refractivity contribution >= 4 is 23.2 Å². The summed E-state index contributed by atoms with van der Waals surface area (Å²) in [6.45, 7) is 4.29. The van der Waals surface area contributed by atoms with Gasteiger partial charge in [-0.15, -0.1) is 0 Å². The van der Waals surface area contributed by atoms with Crippen LogP contribution >= 0.6 is 0 Å². The molecule has 3 N–H and O–H groups in total. The normalized spacial score (nSPS) is 22.0. The molecular weight excluding hydrogens is 290 g/mol. The van der Waals surface area contributed by atoms with Gasteiger partial charge in [-0.25, -0.2) is 0 Å². The van der Waals surface area contributed by atoms with Crippen LogP contribution in [0.2, 0.25) is 0 Å². The highest BCUT2D eigenvalue weighted by Gasteiger charge is 2.22. The quantitative estimate of drug-likeness (QED) is 0.799. The Kier molecular flexibility index (Phi) is 4.96. The van der Waals surface area contributed by atoms with Crippen molar-refractivity contribution in [1.82, 2.24) is 5.32 Å². The van der Waals surface area contributed by atoms with E-state index in [2.05, 4.69) is 22.9 Å². The maximum atomic E-state index is 12.3. The first-order valence-corrected chi connectivity index (χ1v) is 8.55. The standard InChI is InChI=1S/C18H25N3O2/c1-12(14-3-2-8-19-11-14)9-18(23)20-15-5-6-16-13(10-15)4-7-17(22)21-16/h5-6,10,12,14,19H,2-4,7-9,11H2,1H3,(H,20,23)(H,21,22). The van der Waals surface area contributed by atoms with Gasteiger partial charge in [0, 0.05) is 24.2 Å². The summed E-state index contributed by atoms with van der Waals surface area (Å²) in [7, 11) is 0. The lowest BCUT2D eigenvalue weighted by Gasteiger charge is -2.28. The second-order valence-electron chi connectivity index (χ2n) is 6.76. The van der Waals surface area contributed by atoms with E-state index in [1.54, 1.807) is 0 Å². The van der Waals surface area contributed by atoms with Crippen molar-refractivity contribution in [2.75, 3.05) is 23.7 Å². The minimum absolute atomic E-state index is 0.0594. The number of nitrogens with one attached hydrogen (secondary N) is 3. The zero-order valence-electron chi connectivity index (χ0n) is 13.7. The molecule has 2 heterocycles. The van der Waals surface area contributed by atoms with Crippen LogP contribution in [-0.2, 0) is 16.0 Å². The summed E-state index contributed by atoms with van der Waals surface area (Å²) in [6, 6.07) is 5.70. The fourth-order valence-corrected chi connectivity index (χ4v) is 3.50. The second kappa shape index (κ2) is 7.13. The topological polar surface area (TPSA) is 70.2 Å². The van der Waals surface area contributed by atoms with E-state index in [0.29, 0.717) is 24.7 Å². The van der Waals surface area contributed by atoms with Gasteiger partial charge in [-0.2, -0.15) is 0 Å². The molecule has 0 aliphatic carbocycles. The van der Waals surface area contributed by atoms with Gasteiger partial charge in [0.1, 0.15) is 0 Å². The maximum absolute atomic E-state index is 12.3. The summed E-state index contributed by atoms with van der Waals surface area (Å²) in [5, 5.41) is 9.27. The van der Waals surface area contributed by atoms with E-state index >= 15 is 0 Å². The first-order chi connectivity index (χ1) is 11.1. The number of hydrogen-bond donors (Lipinski definition) is 3. The van der Waals surface area contributed by atoms with Crippen LogP contribution in [0.1, 0.15) is 38.2 Å². The lowest BCUT2D eigenvalue weighted by atomic mass is 9.85. The molecule has 5 heteroatoms. The molecular formula is C18H25N3O2. The van der Waals surface area contributed by atoms with Gasteiger partial charge in [0.15, 0.2) is 0 Å². The molecule has 1 saturated heterocycles. The maximum Gasteiger partial charge on any atom is 0.224 e. The third-order valence-corrected chi connectivity index (χ3v) is 4.93. The minimum atomic E-state index is 0.0594. The first kappa shape index (κ1) is 16.0.